The zero-order chi connectivity index (χ0) is 15.5. The fraction of sp³-hybridized carbons (Fsp3) is 0.533. The van der Waals surface area contributed by atoms with Crippen LogP contribution in [0.3, 0.4) is 0 Å². The number of methoxy groups -OCH3 is 1. The molecule has 1 aliphatic carbocycles. The molecule has 2 atom stereocenters. The van der Waals surface area contributed by atoms with Crippen molar-refractivity contribution in [2.45, 2.75) is 43.5 Å². The van der Waals surface area contributed by atoms with Gasteiger partial charge in [-0.25, -0.2) is 17.9 Å². The number of sulfonamides is 1. The maximum absolute atomic E-state index is 12.4. The van der Waals surface area contributed by atoms with Crippen LogP contribution in [0.5, 0.6) is 0 Å². The van der Waals surface area contributed by atoms with Gasteiger partial charge in [-0.15, -0.1) is 0 Å². The first-order valence-corrected chi connectivity index (χ1v) is 8.63. The predicted octanol–water partition coefficient (Wildman–Crippen LogP) is 2.33. The molecule has 1 aliphatic rings. The minimum atomic E-state index is -3.54. The molecule has 5 nitrogen and oxygen atoms in total. The van der Waals surface area contributed by atoms with Gasteiger partial charge in [-0.3, -0.25) is 0 Å². The molecule has 6 heteroatoms. The largest absolute Gasteiger partial charge is 0.465 e. The van der Waals surface area contributed by atoms with Gasteiger partial charge in [0.25, 0.3) is 0 Å². The van der Waals surface area contributed by atoms with Crippen molar-refractivity contribution >= 4 is 16.0 Å². The average Bonchev–Trinajstić information content (AvgIpc) is 2.49. The number of hydrogen-bond acceptors (Lipinski definition) is 4. The zero-order valence-electron chi connectivity index (χ0n) is 12.3. The van der Waals surface area contributed by atoms with E-state index in [-0.39, 0.29) is 10.9 Å². The Hall–Kier alpha value is -1.40. The fourth-order valence-electron chi connectivity index (χ4n) is 2.65. The molecule has 116 valence electrons. The number of carbonyl (C=O) groups is 1. The Kier molecular flexibility index (Phi) is 5.00. The van der Waals surface area contributed by atoms with Crippen molar-refractivity contribution in [2.75, 3.05) is 7.11 Å². The first-order chi connectivity index (χ1) is 9.94. The van der Waals surface area contributed by atoms with Crippen LogP contribution < -0.4 is 4.72 Å². The number of rotatable bonds is 4. The van der Waals surface area contributed by atoms with E-state index in [1.54, 1.807) is 0 Å². The van der Waals surface area contributed by atoms with E-state index < -0.39 is 16.0 Å². The summed E-state index contributed by atoms with van der Waals surface area (Å²) in [7, 11) is -2.25. The second kappa shape index (κ2) is 6.58. The Morgan fingerprint density at radius 1 is 1.19 bits per heavy atom. The molecule has 0 spiro atoms. The third-order valence-corrected chi connectivity index (χ3v) is 5.51. The number of esters is 1. The summed E-state index contributed by atoms with van der Waals surface area (Å²) in [5, 5.41) is 0. The summed E-state index contributed by atoms with van der Waals surface area (Å²) in [5.74, 6) is -0.129. The van der Waals surface area contributed by atoms with Crippen LogP contribution in [-0.2, 0) is 14.8 Å². The van der Waals surface area contributed by atoms with Gasteiger partial charge in [-0.2, -0.15) is 0 Å². The molecular formula is C15H21NO4S. The van der Waals surface area contributed by atoms with Gasteiger partial charge < -0.3 is 4.74 Å². The molecule has 1 saturated carbocycles. The number of ether oxygens (including phenoxy) is 1. The maximum atomic E-state index is 12.4. The van der Waals surface area contributed by atoms with E-state index in [1.165, 1.54) is 31.4 Å². The van der Waals surface area contributed by atoms with Gasteiger partial charge in [0.1, 0.15) is 0 Å². The molecule has 0 amide bonds. The van der Waals surface area contributed by atoms with E-state index in [1.807, 2.05) is 0 Å². The maximum Gasteiger partial charge on any atom is 0.337 e. The standard InChI is InChI=1S/C15H21NO4S/c1-11-5-3-4-6-14(11)16-21(18,19)13-9-7-12(8-10-13)15(17)20-2/h7-11,14,16H,3-6H2,1-2H3/t11-,14+/m1/s1. The lowest BCUT2D eigenvalue weighted by Crippen LogP contribution is -2.40. The summed E-state index contributed by atoms with van der Waals surface area (Å²) in [6, 6.07) is 5.78. The fourth-order valence-corrected chi connectivity index (χ4v) is 4.03. The quantitative estimate of drug-likeness (QED) is 0.866. The normalized spacial score (nSPS) is 22.8. The highest BCUT2D eigenvalue weighted by atomic mass is 32.2. The molecule has 2 rings (SSSR count). The summed E-state index contributed by atoms with van der Waals surface area (Å²) in [4.78, 5) is 11.5. The SMILES string of the molecule is COC(=O)c1ccc(S(=O)(=O)N[C@H]2CCCC[C@H]2C)cc1. The lowest BCUT2D eigenvalue weighted by molar-refractivity contribution is 0.0600. The van der Waals surface area contributed by atoms with Crippen LogP contribution in [0.15, 0.2) is 29.2 Å². The molecule has 1 fully saturated rings. The third-order valence-electron chi connectivity index (χ3n) is 4.00. The number of carbonyl (C=O) groups excluding carboxylic acids is 1. The topological polar surface area (TPSA) is 72.5 Å². The number of benzene rings is 1. The van der Waals surface area contributed by atoms with Crippen LogP contribution in [0.1, 0.15) is 43.0 Å². The van der Waals surface area contributed by atoms with Gasteiger partial charge in [-0.1, -0.05) is 19.8 Å². The average molecular weight is 311 g/mol. The van der Waals surface area contributed by atoms with Gasteiger partial charge in [0.2, 0.25) is 10.0 Å². The Labute approximate surface area is 125 Å². The van der Waals surface area contributed by atoms with Gasteiger partial charge in [-0.05, 0) is 43.0 Å². The summed E-state index contributed by atoms with van der Waals surface area (Å²) in [6.45, 7) is 2.08. The molecule has 1 N–H and O–H groups in total. The molecule has 0 heterocycles. The monoisotopic (exact) mass is 311 g/mol. The second-order valence-electron chi connectivity index (χ2n) is 5.51. The minimum absolute atomic E-state index is 0.0102. The Morgan fingerprint density at radius 3 is 2.38 bits per heavy atom. The van der Waals surface area contributed by atoms with Crippen molar-refractivity contribution in [3.05, 3.63) is 29.8 Å². The molecule has 1 aromatic rings. The Morgan fingerprint density at radius 2 is 1.81 bits per heavy atom. The second-order valence-corrected chi connectivity index (χ2v) is 7.22. The van der Waals surface area contributed by atoms with Gasteiger partial charge >= 0.3 is 5.97 Å². The molecular weight excluding hydrogens is 290 g/mol. The minimum Gasteiger partial charge on any atom is -0.465 e. The highest BCUT2D eigenvalue weighted by Gasteiger charge is 2.26. The summed E-state index contributed by atoms with van der Waals surface area (Å²) in [5.41, 5.74) is 0.336. The van der Waals surface area contributed by atoms with Crippen molar-refractivity contribution in [3.8, 4) is 0 Å². The smallest absolute Gasteiger partial charge is 0.337 e. The van der Waals surface area contributed by atoms with Gasteiger partial charge in [0.15, 0.2) is 0 Å². The molecule has 0 bridgehead atoms. The first kappa shape index (κ1) is 16.0. The van der Waals surface area contributed by atoms with Gasteiger partial charge in [0, 0.05) is 6.04 Å². The zero-order valence-corrected chi connectivity index (χ0v) is 13.2. The number of nitrogens with one attached hydrogen (secondary N) is 1. The van der Waals surface area contributed by atoms with Crippen molar-refractivity contribution in [3.63, 3.8) is 0 Å². The molecule has 0 radical (unpaired) electrons. The third kappa shape index (κ3) is 3.83. The van der Waals surface area contributed by atoms with Crippen molar-refractivity contribution in [1.29, 1.82) is 0 Å². The lowest BCUT2D eigenvalue weighted by Gasteiger charge is -2.29. The van der Waals surface area contributed by atoms with Gasteiger partial charge in [0.05, 0.1) is 17.6 Å². The van der Waals surface area contributed by atoms with E-state index >= 15 is 0 Å². The van der Waals surface area contributed by atoms with E-state index in [9.17, 15) is 13.2 Å². The van der Waals surface area contributed by atoms with E-state index in [2.05, 4.69) is 16.4 Å². The molecule has 0 aliphatic heterocycles. The highest BCUT2D eigenvalue weighted by Crippen LogP contribution is 2.25. The molecule has 0 aromatic heterocycles. The van der Waals surface area contributed by atoms with E-state index in [0.29, 0.717) is 11.5 Å². The van der Waals surface area contributed by atoms with Crippen molar-refractivity contribution in [2.24, 2.45) is 5.92 Å². The predicted molar refractivity (Wildman–Crippen MR) is 79.5 cm³/mol. The Bertz CT molecular complexity index is 595. The van der Waals surface area contributed by atoms with E-state index in [0.717, 1.165) is 25.7 Å². The summed E-state index contributed by atoms with van der Waals surface area (Å²) < 4.78 is 32.1. The lowest BCUT2D eigenvalue weighted by atomic mass is 9.87. The molecule has 0 unspecified atom stereocenters. The van der Waals surface area contributed by atoms with Crippen molar-refractivity contribution < 1.29 is 17.9 Å². The van der Waals surface area contributed by atoms with Crippen LogP contribution in [0.2, 0.25) is 0 Å². The molecule has 0 saturated heterocycles. The summed E-state index contributed by atoms with van der Waals surface area (Å²) >= 11 is 0. The van der Waals surface area contributed by atoms with Crippen molar-refractivity contribution in [1.82, 2.24) is 4.72 Å². The molecule has 21 heavy (non-hydrogen) atoms. The highest BCUT2D eigenvalue weighted by molar-refractivity contribution is 7.89. The van der Waals surface area contributed by atoms with Crippen LogP contribution in [0.25, 0.3) is 0 Å². The van der Waals surface area contributed by atoms with Crippen LogP contribution in [0.4, 0.5) is 0 Å². The van der Waals surface area contributed by atoms with E-state index in [4.69, 9.17) is 0 Å². The first-order valence-electron chi connectivity index (χ1n) is 7.15. The van der Waals surface area contributed by atoms with Crippen LogP contribution in [0, 0.1) is 5.92 Å². The van der Waals surface area contributed by atoms with Crippen LogP contribution in [-0.4, -0.2) is 27.5 Å². The molecule has 1 aromatic carbocycles. The van der Waals surface area contributed by atoms with Crippen LogP contribution >= 0.6 is 0 Å². The summed E-state index contributed by atoms with van der Waals surface area (Å²) in [6.07, 6.45) is 4.14. The number of hydrogen-bond donors (Lipinski definition) is 1. The Balaban J connectivity index is 2.13.